The fourth-order valence-corrected chi connectivity index (χ4v) is 1.95. The molecular weight excluding hydrogens is 208 g/mol. The lowest BCUT2D eigenvalue weighted by molar-refractivity contribution is 0.264. The molecule has 2 N–H and O–H groups in total. The lowest BCUT2D eigenvalue weighted by Crippen LogP contribution is -2.33. The van der Waals surface area contributed by atoms with E-state index in [-0.39, 0.29) is 5.54 Å². The molecule has 0 unspecified atom stereocenters. The maximum Gasteiger partial charge on any atom is 0.0233 e. The normalized spacial score (nSPS) is 12.1. The number of nitrogens with zero attached hydrogens (tertiary/aromatic N) is 1. The van der Waals surface area contributed by atoms with Crippen molar-refractivity contribution in [2.24, 2.45) is 5.73 Å². The summed E-state index contributed by atoms with van der Waals surface area (Å²) in [4.78, 5) is 2.47. The molecule has 0 radical (unpaired) electrons. The number of hydrogen-bond donors (Lipinski definition) is 1. The first kappa shape index (κ1) is 14.2. The SMILES string of the molecule is CCN(CCCC(C)(C)N)Cc1ccccc1. The molecule has 0 aliphatic rings. The van der Waals surface area contributed by atoms with Crippen LogP contribution in [0, 0.1) is 0 Å². The minimum atomic E-state index is -0.0356. The number of nitrogens with two attached hydrogens (primary N) is 1. The van der Waals surface area contributed by atoms with Gasteiger partial charge >= 0.3 is 0 Å². The van der Waals surface area contributed by atoms with Crippen molar-refractivity contribution in [3.05, 3.63) is 35.9 Å². The van der Waals surface area contributed by atoms with Crippen LogP contribution >= 0.6 is 0 Å². The van der Waals surface area contributed by atoms with Crippen molar-refractivity contribution in [1.29, 1.82) is 0 Å². The lowest BCUT2D eigenvalue weighted by atomic mass is 10.00. The van der Waals surface area contributed by atoms with Gasteiger partial charge in [-0.15, -0.1) is 0 Å². The Kier molecular flexibility index (Phi) is 5.66. The molecule has 0 saturated carbocycles. The molecule has 1 aromatic rings. The molecule has 1 aromatic carbocycles. The average molecular weight is 234 g/mol. The van der Waals surface area contributed by atoms with Gasteiger partial charge in [-0.3, -0.25) is 4.90 Å². The third kappa shape index (κ3) is 6.44. The Morgan fingerprint density at radius 3 is 2.35 bits per heavy atom. The Hall–Kier alpha value is -0.860. The van der Waals surface area contributed by atoms with Gasteiger partial charge in [-0.1, -0.05) is 37.3 Å². The second-order valence-corrected chi connectivity index (χ2v) is 5.45. The molecule has 0 fully saturated rings. The number of hydrogen-bond acceptors (Lipinski definition) is 2. The summed E-state index contributed by atoms with van der Waals surface area (Å²) in [7, 11) is 0. The summed E-state index contributed by atoms with van der Waals surface area (Å²) in [6.07, 6.45) is 2.25. The highest BCUT2D eigenvalue weighted by Crippen LogP contribution is 2.10. The van der Waals surface area contributed by atoms with E-state index < -0.39 is 0 Å². The fraction of sp³-hybridized carbons (Fsp3) is 0.600. The van der Waals surface area contributed by atoms with Crippen molar-refractivity contribution >= 4 is 0 Å². The third-order valence-corrected chi connectivity index (χ3v) is 2.99. The van der Waals surface area contributed by atoms with Crippen molar-refractivity contribution < 1.29 is 0 Å². The minimum absolute atomic E-state index is 0.0356. The van der Waals surface area contributed by atoms with Crippen LogP contribution in [-0.2, 0) is 6.54 Å². The van der Waals surface area contributed by atoms with E-state index in [2.05, 4.69) is 56.0 Å². The molecule has 0 amide bonds. The zero-order chi connectivity index (χ0) is 12.7. The summed E-state index contributed by atoms with van der Waals surface area (Å²) in [5.74, 6) is 0. The van der Waals surface area contributed by atoms with E-state index in [0.29, 0.717) is 0 Å². The molecule has 2 heteroatoms. The predicted octanol–water partition coefficient (Wildman–Crippen LogP) is 3.03. The van der Waals surface area contributed by atoms with Gasteiger partial charge in [0, 0.05) is 12.1 Å². The van der Waals surface area contributed by atoms with Gasteiger partial charge in [-0.2, -0.15) is 0 Å². The van der Waals surface area contributed by atoms with Crippen molar-refractivity contribution in [2.75, 3.05) is 13.1 Å². The van der Waals surface area contributed by atoms with Crippen molar-refractivity contribution in [2.45, 2.75) is 45.7 Å². The smallest absolute Gasteiger partial charge is 0.0233 e. The van der Waals surface area contributed by atoms with Crippen LogP contribution in [0.25, 0.3) is 0 Å². The fourth-order valence-electron chi connectivity index (χ4n) is 1.95. The molecule has 1 rings (SSSR count). The highest BCUT2D eigenvalue weighted by atomic mass is 15.1. The monoisotopic (exact) mass is 234 g/mol. The highest BCUT2D eigenvalue weighted by molar-refractivity contribution is 5.14. The molecule has 0 aromatic heterocycles. The van der Waals surface area contributed by atoms with Crippen molar-refractivity contribution in [3.63, 3.8) is 0 Å². The predicted molar refractivity (Wildman–Crippen MR) is 74.9 cm³/mol. The van der Waals surface area contributed by atoms with Crippen LogP contribution in [-0.4, -0.2) is 23.5 Å². The molecule has 0 heterocycles. The molecule has 2 nitrogen and oxygen atoms in total. The van der Waals surface area contributed by atoms with Gasteiger partial charge in [0.2, 0.25) is 0 Å². The Bertz CT molecular complexity index is 300. The summed E-state index contributed by atoms with van der Waals surface area (Å²) >= 11 is 0. The van der Waals surface area contributed by atoms with Crippen LogP contribution in [0.5, 0.6) is 0 Å². The first-order valence-corrected chi connectivity index (χ1v) is 6.56. The standard InChI is InChI=1S/C15H26N2/c1-4-17(12-8-11-15(2,3)16)13-14-9-6-5-7-10-14/h5-7,9-10H,4,8,11-13,16H2,1-3H3. The van der Waals surface area contributed by atoms with Crippen LogP contribution in [0.1, 0.15) is 39.2 Å². The minimum Gasteiger partial charge on any atom is -0.326 e. The van der Waals surface area contributed by atoms with Crippen molar-refractivity contribution in [3.8, 4) is 0 Å². The first-order chi connectivity index (χ1) is 8.01. The topological polar surface area (TPSA) is 29.3 Å². The van der Waals surface area contributed by atoms with Gasteiger partial charge in [0.1, 0.15) is 0 Å². The molecule has 0 aliphatic heterocycles. The molecule has 96 valence electrons. The van der Waals surface area contributed by atoms with E-state index >= 15 is 0 Å². The number of benzene rings is 1. The summed E-state index contributed by atoms with van der Waals surface area (Å²) in [5.41, 5.74) is 7.35. The molecule has 0 aliphatic carbocycles. The van der Waals surface area contributed by atoms with E-state index in [1.807, 2.05) is 0 Å². The molecule has 0 bridgehead atoms. The van der Waals surface area contributed by atoms with Gasteiger partial charge in [-0.25, -0.2) is 0 Å². The third-order valence-electron chi connectivity index (χ3n) is 2.99. The summed E-state index contributed by atoms with van der Waals surface area (Å²) in [6, 6.07) is 10.7. The maximum absolute atomic E-state index is 6.00. The van der Waals surface area contributed by atoms with Gasteiger partial charge < -0.3 is 5.73 Å². The van der Waals surface area contributed by atoms with Crippen LogP contribution in [0.2, 0.25) is 0 Å². The van der Waals surface area contributed by atoms with Crippen LogP contribution in [0.15, 0.2) is 30.3 Å². The van der Waals surface area contributed by atoms with Gasteiger partial charge in [0.25, 0.3) is 0 Å². The Labute approximate surface area is 106 Å². The quantitative estimate of drug-likeness (QED) is 0.786. The maximum atomic E-state index is 6.00. The summed E-state index contributed by atoms with van der Waals surface area (Å²) in [5, 5.41) is 0. The highest BCUT2D eigenvalue weighted by Gasteiger charge is 2.11. The van der Waals surface area contributed by atoms with E-state index in [1.54, 1.807) is 0 Å². The largest absolute Gasteiger partial charge is 0.326 e. The van der Waals surface area contributed by atoms with E-state index in [0.717, 1.165) is 26.1 Å². The first-order valence-electron chi connectivity index (χ1n) is 6.56. The van der Waals surface area contributed by atoms with Gasteiger partial charge in [-0.05, 0) is 45.3 Å². The van der Waals surface area contributed by atoms with Crippen LogP contribution < -0.4 is 5.73 Å². The molecule has 0 saturated heterocycles. The van der Waals surface area contributed by atoms with Crippen molar-refractivity contribution in [1.82, 2.24) is 4.90 Å². The molecule has 0 spiro atoms. The van der Waals surface area contributed by atoms with Crippen LogP contribution in [0.3, 0.4) is 0 Å². The van der Waals surface area contributed by atoms with Gasteiger partial charge in [0.15, 0.2) is 0 Å². The van der Waals surface area contributed by atoms with E-state index in [4.69, 9.17) is 5.73 Å². The Morgan fingerprint density at radius 2 is 1.82 bits per heavy atom. The lowest BCUT2D eigenvalue weighted by Gasteiger charge is -2.23. The Balaban J connectivity index is 2.34. The van der Waals surface area contributed by atoms with E-state index in [1.165, 1.54) is 12.0 Å². The zero-order valence-corrected chi connectivity index (χ0v) is 11.4. The summed E-state index contributed by atoms with van der Waals surface area (Å²) < 4.78 is 0. The zero-order valence-electron chi connectivity index (χ0n) is 11.4. The second-order valence-electron chi connectivity index (χ2n) is 5.45. The molecular formula is C15H26N2. The molecule has 0 atom stereocenters. The van der Waals surface area contributed by atoms with E-state index in [9.17, 15) is 0 Å². The number of rotatable bonds is 7. The molecule has 17 heavy (non-hydrogen) atoms. The average Bonchev–Trinajstić information content (AvgIpc) is 2.27. The van der Waals surface area contributed by atoms with Crippen LogP contribution in [0.4, 0.5) is 0 Å². The Morgan fingerprint density at radius 1 is 1.18 bits per heavy atom. The van der Waals surface area contributed by atoms with Gasteiger partial charge in [0.05, 0.1) is 0 Å². The second kappa shape index (κ2) is 6.77. The summed E-state index contributed by atoms with van der Waals surface area (Å²) in [6.45, 7) is 9.69.